The van der Waals surface area contributed by atoms with Crippen LogP contribution in [-0.4, -0.2) is 43.7 Å². The highest BCUT2D eigenvalue weighted by Crippen LogP contribution is 1.97. The predicted molar refractivity (Wildman–Crippen MR) is 56.9 cm³/mol. The minimum absolute atomic E-state index is 0.0375. The summed E-state index contributed by atoms with van der Waals surface area (Å²) in [6, 6.07) is -0.463. The fourth-order valence-electron chi connectivity index (χ4n) is 1.13. The highest BCUT2D eigenvalue weighted by Gasteiger charge is 2.18. The van der Waals surface area contributed by atoms with E-state index in [2.05, 4.69) is 6.58 Å². The van der Waals surface area contributed by atoms with Crippen molar-refractivity contribution in [2.75, 3.05) is 26.8 Å². The molecule has 0 aliphatic carbocycles. The molecule has 0 aromatic heterocycles. The van der Waals surface area contributed by atoms with Crippen LogP contribution in [0.4, 0.5) is 0 Å². The molecule has 0 rings (SSSR count). The van der Waals surface area contributed by atoms with Crippen LogP contribution in [0.1, 0.15) is 13.3 Å². The molecule has 4 heteroatoms. The van der Waals surface area contributed by atoms with Gasteiger partial charge in [0.15, 0.2) is 0 Å². The lowest BCUT2D eigenvalue weighted by Gasteiger charge is -2.22. The molecule has 0 bridgehead atoms. The maximum absolute atomic E-state index is 11.7. The van der Waals surface area contributed by atoms with Crippen molar-refractivity contribution in [2.45, 2.75) is 19.4 Å². The van der Waals surface area contributed by atoms with Crippen molar-refractivity contribution in [3.63, 3.8) is 0 Å². The van der Waals surface area contributed by atoms with Gasteiger partial charge in [0.1, 0.15) is 0 Å². The second-order valence-corrected chi connectivity index (χ2v) is 3.05. The fraction of sp³-hybridized carbons (Fsp3) is 0.700. The Balaban J connectivity index is 4.05. The number of carbonyl (C=O) groups is 1. The van der Waals surface area contributed by atoms with Crippen LogP contribution in [0.25, 0.3) is 0 Å². The Morgan fingerprint density at radius 3 is 2.79 bits per heavy atom. The minimum Gasteiger partial charge on any atom is -0.385 e. The van der Waals surface area contributed by atoms with Crippen molar-refractivity contribution < 1.29 is 9.53 Å². The highest BCUT2D eigenvalue weighted by atomic mass is 16.5. The number of nitrogens with two attached hydrogens (primary N) is 1. The lowest BCUT2D eigenvalue weighted by molar-refractivity contribution is -0.132. The topological polar surface area (TPSA) is 55.6 Å². The summed E-state index contributed by atoms with van der Waals surface area (Å²) < 4.78 is 4.87. The molecule has 4 nitrogen and oxygen atoms in total. The molecule has 0 spiro atoms. The molecule has 1 unspecified atom stereocenters. The Morgan fingerprint density at radius 1 is 1.71 bits per heavy atom. The van der Waals surface area contributed by atoms with Crippen molar-refractivity contribution in [3.05, 3.63) is 12.7 Å². The molecule has 0 aromatic rings. The van der Waals surface area contributed by atoms with Crippen LogP contribution in [0.3, 0.4) is 0 Å². The molecule has 0 saturated heterocycles. The molecule has 0 fully saturated rings. The molecule has 0 heterocycles. The average Bonchev–Trinajstić information content (AvgIpc) is 2.21. The third-order valence-electron chi connectivity index (χ3n) is 1.99. The van der Waals surface area contributed by atoms with Gasteiger partial charge in [-0.2, -0.15) is 0 Å². The molecule has 0 aromatic carbocycles. The molecule has 1 atom stereocenters. The number of nitrogens with zero attached hydrogens (tertiary/aromatic N) is 1. The van der Waals surface area contributed by atoms with E-state index < -0.39 is 6.04 Å². The first-order valence-corrected chi connectivity index (χ1v) is 4.81. The average molecular weight is 200 g/mol. The SMILES string of the molecule is C=CCN(CC)C(=O)C(N)CCOC. The predicted octanol–water partition coefficient (Wildman–Crippen LogP) is 0.385. The van der Waals surface area contributed by atoms with Crippen LogP contribution in [0.5, 0.6) is 0 Å². The summed E-state index contributed by atoms with van der Waals surface area (Å²) in [5, 5.41) is 0. The first-order valence-electron chi connectivity index (χ1n) is 4.81. The van der Waals surface area contributed by atoms with Gasteiger partial charge in [0, 0.05) is 26.8 Å². The molecule has 0 aliphatic heterocycles. The fourth-order valence-corrected chi connectivity index (χ4v) is 1.13. The molecule has 0 radical (unpaired) electrons. The van der Waals surface area contributed by atoms with Crippen LogP contribution in [0, 0.1) is 0 Å². The zero-order chi connectivity index (χ0) is 11.0. The van der Waals surface area contributed by atoms with Gasteiger partial charge in [0.2, 0.25) is 5.91 Å². The summed E-state index contributed by atoms with van der Waals surface area (Å²) in [5.41, 5.74) is 5.70. The summed E-state index contributed by atoms with van der Waals surface area (Å²) in [7, 11) is 1.60. The molecule has 0 saturated carbocycles. The van der Waals surface area contributed by atoms with Gasteiger partial charge in [-0.3, -0.25) is 4.79 Å². The van der Waals surface area contributed by atoms with E-state index in [9.17, 15) is 4.79 Å². The molecular weight excluding hydrogens is 180 g/mol. The second-order valence-electron chi connectivity index (χ2n) is 3.05. The largest absolute Gasteiger partial charge is 0.385 e. The van der Waals surface area contributed by atoms with E-state index in [4.69, 9.17) is 10.5 Å². The van der Waals surface area contributed by atoms with Gasteiger partial charge >= 0.3 is 0 Å². The van der Waals surface area contributed by atoms with Crippen LogP contribution in [0.15, 0.2) is 12.7 Å². The number of carbonyl (C=O) groups excluding carboxylic acids is 1. The van der Waals surface area contributed by atoms with Gasteiger partial charge < -0.3 is 15.4 Å². The van der Waals surface area contributed by atoms with Crippen LogP contribution in [0.2, 0.25) is 0 Å². The van der Waals surface area contributed by atoms with Crippen molar-refractivity contribution >= 4 is 5.91 Å². The van der Waals surface area contributed by atoms with Gasteiger partial charge in [-0.05, 0) is 13.3 Å². The first kappa shape index (κ1) is 13.1. The summed E-state index contributed by atoms with van der Waals surface area (Å²) >= 11 is 0. The second kappa shape index (κ2) is 7.53. The van der Waals surface area contributed by atoms with Crippen LogP contribution < -0.4 is 5.73 Å². The summed E-state index contributed by atoms with van der Waals surface area (Å²) in [6.07, 6.45) is 2.26. The van der Waals surface area contributed by atoms with E-state index >= 15 is 0 Å². The summed E-state index contributed by atoms with van der Waals surface area (Å²) in [5.74, 6) is -0.0375. The van der Waals surface area contributed by atoms with Crippen molar-refractivity contribution in [2.24, 2.45) is 5.73 Å². The van der Waals surface area contributed by atoms with E-state index in [0.717, 1.165) is 0 Å². The Hall–Kier alpha value is -0.870. The van der Waals surface area contributed by atoms with Crippen molar-refractivity contribution in [1.82, 2.24) is 4.90 Å². The number of likely N-dealkylation sites (N-methyl/N-ethyl adjacent to an activating group) is 1. The molecule has 2 N–H and O–H groups in total. The standard InChI is InChI=1S/C10H20N2O2/c1-4-7-12(5-2)10(13)9(11)6-8-14-3/h4,9H,1,5-8,11H2,2-3H3. The van der Waals surface area contributed by atoms with Gasteiger partial charge in [0.05, 0.1) is 6.04 Å². The van der Waals surface area contributed by atoms with Crippen LogP contribution in [-0.2, 0) is 9.53 Å². The van der Waals surface area contributed by atoms with Gasteiger partial charge in [-0.25, -0.2) is 0 Å². The third kappa shape index (κ3) is 4.39. The molecule has 14 heavy (non-hydrogen) atoms. The zero-order valence-electron chi connectivity index (χ0n) is 9.03. The zero-order valence-corrected chi connectivity index (χ0v) is 9.03. The lowest BCUT2D eigenvalue weighted by atomic mass is 10.2. The summed E-state index contributed by atoms with van der Waals surface area (Å²) in [6.45, 7) is 7.24. The van der Waals surface area contributed by atoms with Crippen molar-refractivity contribution in [1.29, 1.82) is 0 Å². The monoisotopic (exact) mass is 200 g/mol. The Labute approximate surface area is 85.7 Å². The molecule has 0 aliphatic rings. The molecule has 82 valence electrons. The quantitative estimate of drug-likeness (QED) is 0.605. The minimum atomic E-state index is -0.463. The number of amides is 1. The third-order valence-corrected chi connectivity index (χ3v) is 1.99. The van der Waals surface area contributed by atoms with E-state index in [1.807, 2.05) is 6.92 Å². The number of hydrogen-bond acceptors (Lipinski definition) is 3. The number of ether oxygens (including phenoxy) is 1. The van der Waals surface area contributed by atoms with Crippen LogP contribution >= 0.6 is 0 Å². The highest BCUT2D eigenvalue weighted by molar-refractivity contribution is 5.81. The van der Waals surface area contributed by atoms with E-state index in [1.165, 1.54) is 0 Å². The number of rotatable bonds is 7. The van der Waals surface area contributed by atoms with E-state index in [0.29, 0.717) is 26.1 Å². The normalized spacial score (nSPS) is 12.2. The number of methoxy groups -OCH3 is 1. The van der Waals surface area contributed by atoms with Gasteiger partial charge in [0.25, 0.3) is 0 Å². The number of hydrogen-bond donors (Lipinski definition) is 1. The van der Waals surface area contributed by atoms with Gasteiger partial charge in [-0.15, -0.1) is 6.58 Å². The van der Waals surface area contributed by atoms with Gasteiger partial charge in [-0.1, -0.05) is 6.08 Å². The Kier molecular flexibility index (Phi) is 7.06. The lowest BCUT2D eigenvalue weighted by Crippen LogP contribution is -2.44. The van der Waals surface area contributed by atoms with E-state index in [-0.39, 0.29) is 5.91 Å². The van der Waals surface area contributed by atoms with E-state index in [1.54, 1.807) is 18.1 Å². The maximum Gasteiger partial charge on any atom is 0.239 e. The first-order chi connectivity index (χ1) is 6.67. The van der Waals surface area contributed by atoms with Crippen molar-refractivity contribution in [3.8, 4) is 0 Å². The summed E-state index contributed by atoms with van der Waals surface area (Å²) in [4.78, 5) is 13.3. The Bertz CT molecular complexity index is 183. The molecule has 1 amide bonds. The smallest absolute Gasteiger partial charge is 0.239 e. The Morgan fingerprint density at radius 2 is 2.36 bits per heavy atom. The maximum atomic E-state index is 11.7. The molecular formula is C10H20N2O2.